The maximum absolute atomic E-state index is 9.61. The van der Waals surface area contributed by atoms with Crippen molar-refractivity contribution in [2.24, 2.45) is 5.41 Å². The minimum atomic E-state index is -1.37. The number of rotatable bonds is 4. The van der Waals surface area contributed by atoms with Crippen molar-refractivity contribution in [3.63, 3.8) is 0 Å². The molecular formula is C9H20O4. The highest BCUT2D eigenvalue weighted by atomic mass is 16.4. The molecule has 0 aromatic heterocycles. The molecule has 0 saturated heterocycles. The van der Waals surface area contributed by atoms with E-state index in [1.807, 2.05) is 0 Å². The van der Waals surface area contributed by atoms with Gasteiger partial charge in [0.1, 0.15) is 6.10 Å². The van der Waals surface area contributed by atoms with Crippen molar-refractivity contribution in [1.82, 2.24) is 0 Å². The van der Waals surface area contributed by atoms with Crippen molar-refractivity contribution in [2.45, 2.75) is 45.5 Å². The van der Waals surface area contributed by atoms with Gasteiger partial charge in [-0.1, -0.05) is 13.8 Å². The zero-order valence-corrected chi connectivity index (χ0v) is 8.65. The lowest BCUT2D eigenvalue weighted by Crippen LogP contribution is -2.51. The molecule has 0 radical (unpaired) electrons. The van der Waals surface area contributed by atoms with E-state index in [1.54, 1.807) is 13.8 Å². The predicted octanol–water partition coefficient (Wildman–Crippen LogP) is -0.502. The molecular weight excluding hydrogens is 172 g/mol. The maximum Gasteiger partial charge on any atom is 0.109 e. The van der Waals surface area contributed by atoms with Crippen LogP contribution in [0.3, 0.4) is 0 Å². The number of aliphatic hydroxyl groups is 4. The summed E-state index contributed by atoms with van der Waals surface area (Å²) in [5.74, 6) is 0. The Balaban J connectivity index is 4.52. The first kappa shape index (κ1) is 12.8. The summed E-state index contributed by atoms with van der Waals surface area (Å²) in [5, 5.41) is 37.5. The average Bonchev–Trinajstić information content (AvgIpc) is 2.00. The van der Waals surface area contributed by atoms with Gasteiger partial charge in [-0.15, -0.1) is 0 Å². The fraction of sp³-hybridized carbons (Fsp3) is 1.00. The Morgan fingerprint density at radius 3 is 1.62 bits per heavy atom. The number of hydrogen-bond acceptors (Lipinski definition) is 4. The summed E-state index contributed by atoms with van der Waals surface area (Å²) in [6, 6.07) is 0. The largest absolute Gasteiger partial charge is 0.396 e. The van der Waals surface area contributed by atoms with Crippen LogP contribution in [0, 0.1) is 5.41 Å². The highest BCUT2D eigenvalue weighted by Crippen LogP contribution is 2.26. The van der Waals surface area contributed by atoms with Crippen molar-refractivity contribution >= 4 is 0 Å². The van der Waals surface area contributed by atoms with E-state index < -0.39 is 23.2 Å². The molecule has 0 aliphatic rings. The molecule has 0 aromatic rings. The minimum Gasteiger partial charge on any atom is -0.396 e. The van der Waals surface area contributed by atoms with Gasteiger partial charge < -0.3 is 20.4 Å². The zero-order chi connectivity index (χ0) is 10.9. The molecule has 0 saturated carbocycles. The fourth-order valence-corrected chi connectivity index (χ4v) is 0.907. The first-order valence-corrected chi connectivity index (χ1v) is 4.32. The van der Waals surface area contributed by atoms with Crippen LogP contribution in [0.2, 0.25) is 0 Å². The molecule has 0 fully saturated rings. The fourth-order valence-electron chi connectivity index (χ4n) is 0.907. The Labute approximate surface area is 78.8 Å². The zero-order valence-electron chi connectivity index (χ0n) is 8.65. The van der Waals surface area contributed by atoms with E-state index in [2.05, 4.69) is 0 Å². The Morgan fingerprint density at radius 2 is 1.38 bits per heavy atom. The molecule has 0 bridgehead atoms. The SMILES string of the molecule is CC(C)(O)C(O)C(O)C(C)(C)CO. The molecule has 0 aliphatic heterocycles. The normalized spacial score (nSPS) is 18.5. The van der Waals surface area contributed by atoms with Crippen molar-refractivity contribution in [3.05, 3.63) is 0 Å². The molecule has 2 unspecified atom stereocenters. The van der Waals surface area contributed by atoms with Gasteiger partial charge in [0.15, 0.2) is 0 Å². The van der Waals surface area contributed by atoms with Crippen LogP contribution in [0.4, 0.5) is 0 Å². The molecule has 0 aliphatic carbocycles. The minimum absolute atomic E-state index is 0.249. The lowest BCUT2D eigenvalue weighted by Gasteiger charge is -2.37. The van der Waals surface area contributed by atoms with Crippen molar-refractivity contribution in [2.75, 3.05) is 6.61 Å². The van der Waals surface area contributed by atoms with Crippen LogP contribution >= 0.6 is 0 Å². The molecule has 0 rings (SSSR count). The van der Waals surface area contributed by atoms with Crippen LogP contribution < -0.4 is 0 Å². The van der Waals surface area contributed by atoms with E-state index in [-0.39, 0.29) is 6.61 Å². The Kier molecular flexibility index (Phi) is 3.87. The molecule has 0 heterocycles. The van der Waals surface area contributed by atoms with Crippen LogP contribution in [-0.4, -0.2) is 44.8 Å². The predicted molar refractivity (Wildman–Crippen MR) is 49.2 cm³/mol. The molecule has 4 N–H and O–H groups in total. The quantitative estimate of drug-likeness (QED) is 0.484. The van der Waals surface area contributed by atoms with Gasteiger partial charge in [0, 0.05) is 5.41 Å². The van der Waals surface area contributed by atoms with Crippen molar-refractivity contribution in [3.8, 4) is 0 Å². The van der Waals surface area contributed by atoms with Gasteiger partial charge >= 0.3 is 0 Å². The Hall–Kier alpha value is -0.160. The van der Waals surface area contributed by atoms with Crippen LogP contribution in [-0.2, 0) is 0 Å². The lowest BCUT2D eigenvalue weighted by atomic mass is 9.80. The van der Waals surface area contributed by atoms with Crippen molar-refractivity contribution < 1.29 is 20.4 Å². The molecule has 2 atom stereocenters. The monoisotopic (exact) mass is 192 g/mol. The third kappa shape index (κ3) is 3.23. The average molecular weight is 192 g/mol. The summed E-state index contributed by atoms with van der Waals surface area (Å²) >= 11 is 0. The summed E-state index contributed by atoms with van der Waals surface area (Å²) in [5.41, 5.74) is -2.19. The van der Waals surface area contributed by atoms with Gasteiger partial charge in [0.05, 0.1) is 18.3 Å². The van der Waals surface area contributed by atoms with E-state index in [9.17, 15) is 15.3 Å². The summed E-state index contributed by atoms with van der Waals surface area (Å²) in [4.78, 5) is 0. The summed E-state index contributed by atoms with van der Waals surface area (Å²) in [6.45, 7) is 5.81. The van der Waals surface area contributed by atoms with Crippen LogP contribution in [0.25, 0.3) is 0 Å². The maximum atomic E-state index is 9.61. The first-order chi connectivity index (χ1) is 5.63. The highest BCUT2D eigenvalue weighted by molar-refractivity contribution is 4.90. The second-order valence-electron chi connectivity index (χ2n) is 4.69. The van der Waals surface area contributed by atoms with E-state index in [0.29, 0.717) is 0 Å². The molecule has 13 heavy (non-hydrogen) atoms. The van der Waals surface area contributed by atoms with E-state index in [4.69, 9.17) is 5.11 Å². The first-order valence-electron chi connectivity index (χ1n) is 4.32. The molecule has 0 aromatic carbocycles. The molecule has 80 valence electrons. The number of hydrogen-bond donors (Lipinski definition) is 4. The van der Waals surface area contributed by atoms with Gasteiger partial charge in [0.2, 0.25) is 0 Å². The molecule has 4 nitrogen and oxygen atoms in total. The second kappa shape index (κ2) is 3.92. The third-order valence-electron chi connectivity index (χ3n) is 2.23. The standard InChI is InChI=1S/C9H20O4/c1-8(2,5-10)6(11)7(12)9(3,4)13/h6-7,10-13H,5H2,1-4H3. The van der Waals surface area contributed by atoms with Gasteiger partial charge in [0.25, 0.3) is 0 Å². The Morgan fingerprint density at radius 1 is 1.00 bits per heavy atom. The van der Waals surface area contributed by atoms with E-state index in [1.165, 1.54) is 13.8 Å². The third-order valence-corrected chi connectivity index (χ3v) is 2.23. The van der Waals surface area contributed by atoms with Gasteiger partial charge in [-0.25, -0.2) is 0 Å². The molecule has 0 amide bonds. The van der Waals surface area contributed by atoms with Gasteiger partial charge in [-0.05, 0) is 13.8 Å². The summed E-state index contributed by atoms with van der Waals surface area (Å²) in [6.07, 6.45) is -2.42. The highest BCUT2D eigenvalue weighted by Gasteiger charge is 2.39. The molecule has 0 spiro atoms. The van der Waals surface area contributed by atoms with Crippen molar-refractivity contribution in [1.29, 1.82) is 0 Å². The smallest absolute Gasteiger partial charge is 0.109 e. The van der Waals surface area contributed by atoms with Gasteiger partial charge in [-0.2, -0.15) is 0 Å². The van der Waals surface area contributed by atoms with Crippen LogP contribution in [0.5, 0.6) is 0 Å². The topological polar surface area (TPSA) is 80.9 Å². The number of aliphatic hydroxyl groups excluding tert-OH is 3. The van der Waals surface area contributed by atoms with Gasteiger partial charge in [-0.3, -0.25) is 0 Å². The van der Waals surface area contributed by atoms with E-state index >= 15 is 0 Å². The van der Waals surface area contributed by atoms with E-state index in [0.717, 1.165) is 0 Å². The Bertz CT molecular complexity index is 159. The summed E-state index contributed by atoms with van der Waals surface area (Å²) < 4.78 is 0. The molecule has 4 heteroatoms. The second-order valence-corrected chi connectivity index (χ2v) is 4.69. The summed E-state index contributed by atoms with van der Waals surface area (Å²) in [7, 11) is 0. The van der Waals surface area contributed by atoms with Crippen LogP contribution in [0.15, 0.2) is 0 Å². The lowest BCUT2D eigenvalue weighted by molar-refractivity contribution is -0.146. The van der Waals surface area contributed by atoms with Crippen LogP contribution in [0.1, 0.15) is 27.7 Å².